The quantitative estimate of drug-likeness (QED) is 0.906. The lowest BCUT2D eigenvalue weighted by Crippen LogP contribution is -2.31. The van der Waals surface area contributed by atoms with E-state index in [-0.39, 0.29) is 11.9 Å². The Labute approximate surface area is 148 Å². The van der Waals surface area contributed by atoms with E-state index in [4.69, 9.17) is 4.74 Å². The number of nitrogens with zero attached hydrogens (tertiary/aromatic N) is 3. The number of methoxy groups -OCH3 is 1. The molecule has 1 saturated heterocycles. The number of β-amino-alcohol motifs (C(OH)–C–C–N with tert-alkyl or cyclic N) is 1. The van der Waals surface area contributed by atoms with E-state index in [1.54, 1.807) is 29.1 Å². The predicted molar refractivity (Wildman–Crippen MR) is 94.5 cm³/mol. The van der Waals surface area contributed by atoms with Gasteiger partial charge in [-0.25, -0.2) is 0 Å². The summed E-state index contributed by atoms with van der Waals surface area (Å²) in [4.78, 5) is 14.7. The Bertz CT molecular complexity index is 741. The van der Waals surface area contributed by atoms with Gasteiger partial charge >= 0.3 is 0 Å². The maximum absolute atomic E-state index is 13.0. The molecular weight excluding hydrogens is 318 g/mol. The first-order valence-corrected chi connectivity index (χ1v) is 8.63. The maximum Gasteiger partial charge on any atom is 0.257 e. The Morgan fingerprint density at radius 2 is 2.24 bits per heavy atom. The van der Waals surface area contributed by atoms with E-state index in [1.807, 2.05) is 24.3 Å². The van der Waals surface area contributed by atoms with Crippen LogP contribution in [-0.2, 0) is 6.54 Å². The molecule has 2 atom stereocenters. The van der Waals surface area contributed by atoms with Gasteiger partial charge in [0.05, 0.1) is 31.0 Å². The smallest absolute Gasteiger partial charge is 0.257 e. The van der Waals surface area contributed by atoms with Crippen LogP contribution in [0, 0.1) is 5.92 Å². The van der Waals surface area contributed by atoms with Crippen molar-refractivity contribution in [3.63, 3.8) is 0 Å². The Morgan fingerprint density at radius 3 is 2.96 bits per heavy atom. The van der Waals surface area contributed by atoms with E-state index >= 15 is 0 Å². The number of benzene rings is 1. The molecule has 1 aromatic carbocycles. The SMILES string of the molecule is COc1cccc([C@@H]2C[C@H](O)CN2C(=O)c2cnn(CC(C)C)c2)c1. The van der Waals surface area contributed by atoms with Crippen LogP contribution < -0.4 is 4.74 Å². The molecule has 1 N–H and O–H groups in total. The van der Waals surface area contributed by atoms with Gasteiger partial charge in [-0.1, -0.05) is 26.0 Å². The fourth-order valence-corrected chi connectivity index (χ4v) is 3.32. The molecule has 0 unspecified atom stereocenters. The van der Waals surface area contributed by atoms with Crippen molar-refractivity contribution < 1.29 is 14.6 Å². The Morgan fingerprint density at radius 1 is 1.44 bits per heavy atom. The zero-order valence-electron chi connectivity index (χ0n) is 14.9. The molecule has 6 heteroatoms. The summed E-state index contributed by atoms with van der Waals surface area (Å²) in [5, 5.41) is 14.4. The van der Waals surface area contributed by atoms with Crippen molar-refractivity contribution in [1.29, 1.82) is 0 Å². The van der Waals surface area contributed by atoms with Crippen LogP contribution >= 0.6 is 0 Å². The highest BCUT2D eigenvalue weighted by molar-refractivity contribution is 5.94. The lowest BCUT2D eigenvalue weighted by Gasteiger charge is -2.24. The third-order valence-corrected chi connectivity index (χ3v) is 4.45. The lowest BCUT2D eigenvalue weighted by atomic mass is 10.0. The summed E-state index contributed by atoms with van der Waals surface area (Å²) >= 11 is 0. The summed E-state index contributed by atoms with van der Waals surface area (Å²) in [5.74, 6) is 1.11. The number of carbonyl (C=O) groups is 1. The molecule has 2 heterocycles. The minimum absolute atomic E-state index is 0.0978. The third-order valence-electron chi connectivity index (χ3n) is 4.45. The average molecular weight is 343 g/mol. The van der Waals surface area contributed by atoms with Crippen molar-refractivity contribution >= 4 is 5.91 Å². The summed E-state index contributed by atoms with van der Waals surface area (Å²) in [7, 11) is 1.62. The Kier molecular flexibility index (Phi) is 5.08. The van der Waals surface area contributed by atoms with Crippen molar-refractivity contribution in [3.05, 3.63) is 47.8 Å². The number of hydrogen-bond acceptors (Lipinski definition) is 4. The van der Waals surface area contributed by atoms with Gasteiger partial charge in [-0.2, -0.15) is 5.10 Å². The number of hydrogen-bond donors (Lipinski definition) is 1. The highest BCUT2D eigenvalue weighted by Crippen LogP contribution is 2.34. The first-order chi connectivity index (χ1) is 12.0. The van der Waals surface area contributed by atoms with Gasteiger partial charge in [0.15, 0.2) is 0 Å². The van der Waals surface area contributed by atoms with Gasteiger partial charge in [0.2, 0.25) is 0 Å². The number of amides is 1. The summed E-state index contributed by atoms with van der Waals surface area (Å²) in [6.45, 7) is 5.32. The Balaban J connectivity index is 1.83. The molecule has 0 spiro atoms. The monoisotopic (exact) mass is 343 g/mol. The van der Waals surface area contributed by atoms with Crippen LogP contribution in [-0.4, -0.2) is 45.5 Å². The van der Waals surface area contributed by atoms with Gasteiger partial charge in [-0.15, -0.1) is 0 Å². The molecule has 0 radical (unpaired) electrons. The predicted octanol–water partition coefficient (Wildman–Crippen LogP) is 2.50. The van der Waals surface area contributed by atoms with Crippen LogP contribution in [0.2, 0.25) is 0 Å². The van der Waals surface area contributed by atoms with Gasteiger partial charge in [-0.05, 0) is 30.0 Å². The van der Waals surface area contributed by atoms with E-state index < -0.39 is 6.10 Å². The first kappa shape index (κ1) is 17.5. The summed E-state index contributed by atoms with van der Waals surface area (Å²) in [6.07, 6.45) is 3.40. The molecule has 0 saturated carbocycles. The van der Waals surface area contributed by atoms with Gasteiger partial charge < -0.3 is 14.7 Å². The van der Waals surface area contributed by atoms with Crippen LogP contribution in [0.25, 0.3) is 0 Å². The van der Waals surface area contributed by atoms with Crippen LogP contribution in [0.4, 0.5) is 0 Å². The van der Waals surface area contributed by atoms with Gasteiger partial charge in [0.25, 0.3) is 5.91 Å². The highest BCUT2D eigenvalue weighted by atomic mass is 16.5. The zero-order valence-corrected chi connectivity index (χ0v) is 14.9. The number of likely N-dealkylation sites (tertiary alicyclic amines) is 1. The normalized spacial score (nSPS) is 20.3. The topological polar surface area (TPSA) is 67.6 Å². The van der Waals surface area contributed by atoms with Crippen LogP contribution in [0.3, 0.4) is 0 Å². The highest BCUT2D eigenvalue weighted by Gasteiger charge is 2.36. The van der Waals surface area contributed by atoms with E-state index in [1.165, 1.54) is 0 Å². The number of carbonyl (C=O) groups excluding carboxylic acids is 1. The number of rotatable bonds is 5. The van der Waals surface area contributed by atoms with Crippen molar-refractivity contribution in [2.24, 2.45) is 5.92 Å². The fraction of sp³-hybridized carbons (Fsp3) is 0.474. The summed E-state index contributed by atoms with van der Waals surface area (Å²) < 4.78 is 7.08. The van der Waals surface area contributed by atoms with Gasteiger partial charge in [-0.3, -0.25) is 9.48 Å². The average Bonchev–Trinajstić information content (AvgIpc) is 3.20. The molecule has 25 heavy (non-hydrogen) atoms. The molecule has 2 aromatic rings. The number of ether oxygens (including phenoxy) is 1. The fourth-order valence-electron chi connectivity index (χ4n) is 3.32. The number of aliphatic hydroxyl groups is 1. The largest absolute Gasteiger partial charge is 0.497 e. The second-order valence-corrected chi connectivity index (χ2v) is 6.98. The summed E-state index contributed by atoms with van der Waals surface area (Å²) in [5.41, 5.74) is 1.53. The number of aromatic nitrogens is 2. The molecule has 6 nitrogen and oxygen atoms in total. The second-order valence-electron chi connectivity index (χ2n) is 6.98. The molecule has 1 aromatic heterocycles. The van der Waals surface area contributed by atoms with Gasteiger partial charge in [0, 0.05) is 19.3 Å². The first-order valence-electron chi connectivity index (χ1n) is 8.63. The molecule has 3 rings (SSSR count). The lowest BCUT2D eigenvalue weighted by molar-refractivity contribution is 0.0715. The van der Waals surface area contributed by atoms with Crippen LogP contribution in [0.5, 0.6) is 5.75 Å². The van der Waals surface area contributed by atoms with Crippen molar-refractivity contribution in [3.8, 4) is 5.75 Å². The summed E-state index contributed by atoms with van der Waals surface area (Å²) in [6, 6.07) is 7.50. The van der Waals surface area contributed by atoms with Crippen molar-refractivity contribution in [1.82, 2.24) is 14.7 Å². The van der Waals surface area contributed by atoms with Crippen LogP contribution in [0.1, 0.15) is 42.2 Å². The van der Waals surface area contributed by atoms with E-state index in [0.717, 1.165) is 17.9 Å². The molecule has 1 aliphatic rings. The molecule has 1 aliphatic heterocycles. The van der Waals surface area contributed by atoms with E-state index in [2.05, 4.69) is 18.9 Å². The minimum Gasteiger partial charge on any atom is -0.497 e. The molecule has 0 bridgehead atoms. The second kappa shape index (κ2) is 7.27. The van der Waals surface area contributed by atoms with Crippen molar-refractivity contribution in [2.45, 2.75) is 39.0 Å². The minimum atomic E-state index is -0.522. The zero-order chi connectivity index (χ0) is 18.0. The van der Waals surface area contributed by atoms with E-state index in [9.17, 15) is 9.90 Å². The molecule has 134 valence electrons. The van der Waals surface area contributed by atoms with E-state index in [0.29, 0.717) is 24.4 Å². The van der Waals surface area contributed by atoms with Crippen molar-refractivity contribution in [2.75, 3.05) is 13.7 Å². The van der Waals surface area contributed by atoms with Crippen LogP contribution in [0.15, 0.2) is 36.7 Å². The standard InChI is InChI=1S/C19H25N3O3/c1-13(2)10-21-11-15(9-20-21)19(24)22-12-16(23)8-18(22)14-5-4-6-17(7-14)25-3/h4-7,9,11,13,16,18,23H,8,10,12H2,1-3H3/t16-,18-/m0/s1. The molecular formula is C19H25N3O3. The maximum atomic E-state index is 13.0. The molecule has 0 aliphatic carbocycles. The third kappa shape index (κ3) is 3.85. The number of aliphatic hydroxyl groups excluding tert-OH is 1. The Hall–Kier alpha value is -2.34. The molecule has 1 fully saturated rings. The van der Waals surface area contributed by atoms with Gasteiger partial charge in [0.1, 0.15) is 5.75 Å². The molecule has 1 amide bonds.